The number of ketones is 1. The molecule has 39 heavy (non-hydrogen) atoms. The van der Waals surface area contributed by atoms with Crippen LogP contribution >= 0.6 is 0 Å². The fourth-order valence-corrected chi connectivity index (χ4v) is 5.50. The van der Waals surface area contributed by atoms with Crippen molar-refractivity contribution < 1.29 is 9.59 Å². The number of piperazine rings is 1. The highest BCUT2D eigenvalue weighted by Crippen LogP contribution is 2.30. The van der Waals surface area contributed by atoms with Crippen LogP contribution < -0.4 is 5.32 Å². The number of amides is 1. The van der Waals surface area contributed by atoms with E-state index in [1.807, 2.05) is 36.4 Å². The summed E-state index contributed by atoms with van der Waals surface area (Å²) in [5, 5.41) is 2.99. The fraction of sp³-hybridized carbons (Fsp3) is 0.364. The largest absolute Gasteiger partial charge is 0.310 e. The van der Waals surface area contributed by atoms with Crippen LogP contribution in [0.1, 0.15) is 52.4 Å². The van der Waals surface area contributed by atoms with Gasteiger partial charge in [0.1, 0.15) is 5.84 Å². The molecule has 1 saturated carbocycles. The summed E-state index contributed by atoms with van der Waals surface area (Å²) in [7, 11) is 0. The van der Waals surface area contributed by atoms with Crippen molar-refractivity contribution in [3.63, 3.8) is 0 Å². The molecule has 0 spiro atoms. The molecule has 2 aliphatic heterocycles. The van der Waals surface area contributed by atoms with Crippen LogP contribution in [-0.2, 0) is 24.3 Å². The number of likely N-dealkylation sites (N-methyl/N-ethyl adjacent to an activating group) is 1. The molecule has 3 aromatic rings. The maximum absolute atomic E-state index is 13.2. The Hall–Kier alpha value is -3.61. The van der Waals surface area contributed by atoms with Crippen molar-refractivity contribution in [1.82, 2.24) is 15.1 Å². The minimum atomic E-state index is 0.0806. The molecule has 0 bridgehead atoms. The Kier molecular flexibility index (Phi) is 7.40. The van der Waals surface area contributed by atoms with E-state index in [1.165, 1.54) is 5.56 Å². The summed E-state index contributed by atoms with van der Waals surface area (Å²) in [5.74, 6) is 1.04. The highest BCUT2D eigenvalue weighted by molar-refractivity contribution is 6.11. The molecule has 1 saturated heterocycles. The molecular formula is C33H36N4O2. The fourth-order valence-electron chi connectivity index (χ4n) is 5.50. The van der Waals surface area contributed by atoms with E-state index in [0.717, 1.165) is 85.5 Å². The lowest BCUT2D eigenvalue weighted by atomic mass is 9.96. The molecule has 1 amide bonds. The number of nitrogens with one attached hydrogen (secondary N) is 1. The third kappa shape index (κ3) is 6.02. The normalized spacial score (nSPS) is 17.5. The summed E-state index contributed by atoms with van der Waals surface area (Å²) in [4.78, 5) is 34.9. The molecule has 200 valence electrons. The molecule has 2 heterocycles. The van der Waals surface area contributed by atoms with Gasteiger partial charge in [0.05, 0.1) is 6.54 Å². The molecule has 3 aliphatic rings. The summed E-state index contributed by atoms with van der Waals surface area (Å²) < 4.78 is 0. The summed E-state index contributed by atoms with van der Waals surface area (Å²) in [5.41, 5.74) is 7.22. The van der Waals surface area contributed by atoms with Crippen LogP contribution in [0.5, 0.6) is 0 Å². The van der Waals surface area contributed by atoms with E-state index < -0.39 is 0 Å². The number of Topliss-reactive ketones (excluding diaryl/α,β-unsaturated/α-hetero) is 1. The monoisotopic (exact) mass is 520 g/mol. The number of nitrogens with zero attached hydrogens (tertiary/aromatic N) is 3. The topological polar surface area (TPSA) is 65.0 Å². The first kappa shape index (κ1) is 25.7. The molecule has 0 unspecified atom stereocenters. The van der Waals surface area contributed by atoms with Gasteiger partial charge in [-0.05, 0) is 59.3 Å². The Morgan fingerprint density at radius 1 is 0.872 bits per heavy atom. The van der Waals surface area contributed by atoms with Gasteiger partial charge >= 0.3 is 0 Å². The zero-order valence-corrected chi connectivity index (χ0v) is 22.7. The van der Waals surface area contributed by atoms with Gasteiger partial charge in [-0.25, -0.2) is 0 Å². The van der Waals surface area contributed by atoms with E-state index in [2.05, 4.69) is 57.4 Å². The third-order valence-corrected chi connectivity index (χ3v) is 8.18. The lowest BCUT2D eigenvalue weighted by molar-refractivity contribution is -0.120. The van der Waals surface area contributed by atoms with E-state index in [0.29, 0.717) is 18.8 Å². The van der Waals surface area contributed by atoms with Crippen LogP contribution in [0.15, 0.2) is 71.7 Å². The number of rotatable bonds is 8. The molecule has 0 aromatic heterocycles. The maximum atomic E-state index is 13.2. The second-order valence-electron chi connectivity index (χ2n) is 11.0. The Labute approximate surface area is 230 Å². The summed E-state index contributed by atoms with van der Waals surface area (Å²) in [6.07, 6.45) is 2.34. The highest BCUT2D eigenvalue weighted by Gasteiger charge is 2.31. The van der Waals surface area contributed by atoms with Crippen molar-refractivity contribution in [3.05, 3.63) is 94.5 Å². The van der Waals surface area contributed by atoms with Gasteiger partial charge in [-0.2, -0.15) is 0 Å². The molecule has 1 N–H and O–H groups in total. The zero-order valence-electron chi connectivity index (χ0n) is 22.7. The number of fused-ring (bicyclic) bond motifs is 1. The van der Waals surface area contributed by atoms with E-state index in [4.69, 9.17) is 0 Å². The molecule has 0 atom stereocenters. The van der Waals surface area contributed by atoms with Crippen LogP contribution in [0.25, 0.3) is 11.1 Å². The number of carbonyl (C=O) groups is 2. The van der Waals surface area contributed by atoms with Crippen LogP contribution in [0.2, 0.25) is 0 Å². The summed E-state index contributed by atoms with van der Waals surface area (Å²) >= 11 is 0. The average Bonchev–Trinajstić information content (AvgIpc) is 3.76. The number of hydrogen-bond donors (Lipinski definition) is 1. The molecular weight excluding hydrogens is 484 g/mol. The smallest absolute Gasteiger partial charge is 0.228 e. The van der Waals surface area contributed by atoms with Crippen molar-refractivity contribution in [2.45, 2.75) is 39.3 Å². The van der Waals surface area contributed by atoms with Crippen molar-refractivity contribution in [3.8, 4) is 11.1 Å². The zero-order chi connectivity index (χ0) is 26.8. The lowest BCUT2D eigenvalue weighted by Gasteiger charge is -2.34. The van der Waals surface area contributed by atoms with Crippen molar-refractivity contribution >= 4 is 17.5 Å². The Bertz CT molecular complexity index is 1400. The van der Waals surface area contributed by atoms with Crippen molar-refractivity contribution in [2.24, 2.45) is 10.9 Å². The van der Waals surface area contributed by atoms with E-state index in [-0.39, 0.29) is 17.6 Å². The van der Waals surface area contributed by atoms with Gasteiger partial charge in [-0.1, -0.05) is 61.5 Å². The van der Waals surface area contributed by atoms with E-state index >= 15 is 0 Å². The first-order chi connectivity index (χ1) is 19.1. The Morgan fingerprint density at radius 2 is 1.59 bits per heavy atom. The number of benzene rings is 3. The lowest BCUT2D eigenvalue weighted by Crippen LogP contribution is -2.45. The quantitative estimate of drug-likeness (QED) is 0.437. The SMILES string of the molecule is CCN1CCN(Cc2ccc(CC(=O)c3cccc(-c4ccc5c(c4)CN=C5NC(=O)C4CC4)c3)cc2)CC1. The minimum absolute atomic E-state index is 0.0806. The van der Waals surface area contributed by atoms with Crippen LogP contribution in [-0.4, -0.2) is 60.0 Å². The van der Waals surface area contributed by atoms with Gasteiger partial charge in [0.25, 0.3) is 0 Å². The predicted octanol–water partition coefficient (Wildman–Crippen LogP) is 4.70. The molecule has 6 rings (SSSR count). The number of amidine groups is 1. The second kappa shape index (κ2) is 11.2. The first-order valence-electron chi connectivity index (χ1n) is 14.2. The molecule has 0 radical (unpaired) electrons. The number of aliphatic imine (C=N–C) groups is 1. The van der Waals surface area contributed by atoms with Gasteiger partial charge in [-0.3, -0.25) is 19.5 Å². The molecule has 6 nitrogen and oxygen atoms in total. The highest BCUT2D eigenvalue weighted by atomic mass is 16.2. The van der Waals surface area contributed by atoms with Crippen LogP contribution in [0, 0.1) is 5.92 Å². The standard InChI is InChI=1S/C33H36N4O2/c1-2-36-14-16-37(17-15-36)22-24-8-6-23(7-9-24)18-31(38)28-5-3-4-26(19-28)27-12-13-30-29(20-27)21-34-32(30)35-33(39)25-10-11-25/h3-9,12-13,19-20,25H,2,10-11,14-18,21-22H2,1H3,(H,34,35,39). The van der Waals surface area contributed by atoms with Crippen molar-refractivity contribution in [2.75, 3.05) is 32.7 Å². The van der Waals surface area contributed by atoms with Gasteiger partial charge in [0.2, 0.25) is 5.91 Å². The van der Waals surface area contributed by atoms with Gasteiger partial charge in [-0.15, -0.1) is 0 Å². The average molecular weight is 521 g/mol. The molecule has 2 fully saturated rings. The Morgan fingerprint density at radius 3 is 2.33 bits per heavy atom. The Balaban J connectivity index is 1.08. The first-order valence-corrected chi connectivity index (χ1v) is 14.2. The third-order valence-electron chi connectivity index (χ3n) is 8.18. The molecule has 1 aliphatic carbocycles. The number of carbonyl (C=O) groups excluding carboxylic acids is 2. The van der Waals surface area contributed by atoms with Crippen LogP contribution in [0.3, 0.4) is 0 Å². The van der Waals surface area contributed by atoms with Crippen LogP contribution in [0.4, 0.5) is 0 Å². The van der Waals surface area contributed by atoms with E-state index in [9.17, 15) is 9.59 Å². The maximum Gasteiger partial charge on any atom is 0.228 e. The minimum Gasteiger partial charge on any atom is -0.310 e. The summed E-state index contributed by atoms with van der Waals surface area (Å²) in [6, 6.07) is 22.6. The summed E-state index contributed by atoms with van der Waals surface area (Å²) in [6.45, 7) is 9.38. The molecule has 3 aromatic carbocycles. The number of hydrogen-bond acceptors (Lipinski definition) is 5. The predicted molar refractivity (Wildman–Crippen MR) is 155 cm³/mol. The van der Waals surface area contributed by atoms with Gasteiger partial charge in [0, 0.05) is 56.2 Å². The molecule has 6 heteroatoms. The van der Waals surface area contributed by atoms with Gasteiger partial charge < -0.3 is 10.2 Å². The van der Waals surface area contributed by atoms with Gasteiger partial charge in [0.15, 0.2) is 5.78 Å². The second-order valence-corrected chi connectivity index (χ2v) is 11.0. The van der Waals surface area contributed by atoms with Crippen molar-refractivity contribution in [1.29, 1.82) is 0 Å². The van der Waals surface area contributed by atoms with E-state index in [1.54, 1.807) is 0 Å².